The Kier molecular flexibility index (Phi) is 3.71. The van der Waals surface area contributed by atoms with Crippen LogP contribution < -0.4 is 5.32 Å². The number of nitrogens with zero attached hydrogens (tertiary/aromatic N) is 1. The van der Waals surface area contributed by atoms with E-state index in [1.54, 1.807) is 12.3 Å². The van der Waals surface area contributed by atoms with Crippen LogP contribution in [0, 0.1) is 12.7 Å². The van der Waals surface area contributed by atoms with Crippen molar-refractivity contribution in [2.45, 2.75) is 19.9 Å². The van der Waals surface area contributed by atoms with Crippen LogP contribution in [-0.2, 0) is 0 Å². The third-order valence-corrected chi connectivity index (χ3v) is 3.58. The van der Waals surface area contributed by atoms with Crippen molar-refractivity contribution < 1.29 is 8.81 Å². The van der Waals surface area contributed by atoms with Crippen molar-refractivity contribution in [1.82, 2.24) is 10.3 Å². The molecule has 0 spiro atoms. The van der Waals surface area contributed by atoms with Crippen LogP contribution in [0.4, 0.5) is 4.39 Å². The van der Waals surface area contributed by atoms with E-state index in [1.807, 2.05) is 38.2 Å². The maximum Gasteiger partial charge on any atom is 0.169 e. The van der Waals surface area contributed by atoms with E-state index in [-0.39, 0.29) is 11.9 Å². The molecule has 1 aromatic carbocycles. The van der Waals surface area contributed by atoms with Crippen molar-refractivity contribution in [3.63, 3.8) is 0 Å². The van der Waals surface area contributed by atoms with Gasteiger partial charge in [0.2, 0.25) is 0 Å². The molecule has 21 heavy (non-hydrogen) atoms. The second kappa shape index (κ2) is 5.66. The fourth-order valence-electron chi connectivity index (χ4n) is 2.57. The Morgan fingerprint density at radius 2 is 2.19 bits per heavy atom. The SMILES string of the molecule is CCNC(c1cc2cccc(F)c2o1)c1ccncc1C. The Bertz CT molecular complexity index is 766. The Morgan fingerprint density at radius 3 is 2.90 bits per heavy atom. The highest BCUT2D eigenvalue weighted by molar-refractivity contribution is 5.78. The average molecular weight is 284 g/mol. The summed E-state index contributed by atoms with van der Waals surface area (Å²) in [5, 5.41) is 4.17. The maximum atomic E-state index is 13.8. The minimum absolute atomic E-state index is 0.107. The van der Waals surface area contributed by atoms with Gasteiger partial charge < -0.3 is 9.73 Å². The molecule has 4 heteroatoms. The van der Waals surface area contributed by atoms with Crippen LogP contribution in [0.2, 0.25) is 0 Å². The fraction of sp³-hybridized carbons (Fsp3) is 0.235. The van der Waals surface area contributed by atoms with Gasteiger partial charge in [0.05, 0.1) is 6.04 Å². The second-order valence-electron chi connectivity index (χ2n) is 5.03. The van der Waals surface area contributed by atoms with Gasteiger partial charge in [-0.25, -0.2) is 4.39 Å². The van der Waals surface area contributed by atoms with Gasteiger partial charge in [0.25, 0.3) is 0 Å². The third kappa shape index (κ3) is 2.54. The Labute approximate surface area is 122 Å². The highest BCUT2D eigenvalue weighted by Crippen LogP contribution is 2.30. The zero-order valence-electron chi connectivity index (χ0n) is 12.1. The van der Waals surface area contributed by atoms with Crippen molar-refractivity contribution in [3.05, 3.63) is 65.4 Å². The summed E-state index contributed by atoms with van der Waals surface area (Å²) < 4.78 is 19.6. The van der Waals surface area contributed by atoms with E-state index in [9.17, 15) is 4.39 Å². The Morgan fingerprint density at radius 1 is 1.33 bits per heavy atom. The molecule has 0 fully saturated rings. The lowest BCUT2D eigenvalue weighted by Crippen LogP contribution is -2.22. The number of hydrogen-bond donors (Lipinski definition) is 1. The van der Waals surface area contributed by atoms with E-state index in [1.165, 1.54) is 6.07 Å². The molecule has 0 aliphatic carbocycles. The predicted molar refractivity (Wildman–Crippen MR) is 80.7 cm³/mol. The van der Waals surface area contributed by atoms with Gasteiger partial charge in [0.15, 0.2) is 11.4 Å². The van der Waals surface area contributed by atoms with Gasteiger partial charge >= 0.3 is 0 Å². The quantitative estimate of drug-likeness (QED) is 0.787. The number of aryl methyl sites for hydroxylation is 1. The summed E-state index contributed by atoms with van der Waals surface area (Å²) in [6.45, 7) is 4.83. The van der Waals surface area contributed by atoms with Crippen LogP contribution in [0.5, 0.6) is 0 Å². The van der Waals surface area contributed by atoms with Crippen LogP contribution in [0.1, 0.15) is 29.9 Å². The molecule has 0 saturated carbocycles. The summed E-state index contributed by atoms with van der Waals surface area (Å²) in [5.41, 5.74) is 2.47. The zero-order valence-corrected chi connectivity index (χ0v) is 12.1. The van der Waals surface area contributed by atoms with Crippen molar-refractivity contribution in [1.29, 1.82) is 0 Å². The Balaban J connectivity index is 2.11. The number of fused-ring (bicyclic) bond motifs is 1. The number of furan rings is 1. The molecule has 0 bridgehead atoms. The van der Waals surface area contributed by atoms with Crippen LogP contribution in [0.25, 0.3) is 11.0 Å². The molecule has 0 amide bonds. The van der Waals surface area contributed by atoms with Crippen LogP contribution in [0.15, 0.2) is 47.1 Å². The molecule has 0 radical (unpaired) electrons. The number of benzene rings is 1. The summed E-state index contributed by atoms with van der Waals surface area (Å²) in [6.07, 6.45) is 3.58. The van der Waals surface area contributed by atoms with Crippen LogP contribution >= 0.6 is 0 Å². The van der Waals surface area contributed by atoms with Crippen molar-refractivity contribution in [2.75, 3.05) is 6.54 Å². The molecular formula is C17H17FN2O. The molecule has 0 aliphatic heterocycles. The highest BCUT2D eigenvalue weighted by Gasteiger charge is 2.20. The molecule has 1 atom stereocenters. The molecule has 0 saturated heterocycles. The largest absolute Gasteiger partial charge is 0.456 e. The lowest BCUT2D eigenvalue weighted by Gasteiger charge is -2.17. The smallest absolute Gasteiger partial charge is 0.169 e. The number of pyridine rings is 1. The highest BCUT2D eigenvalue weighted by atomic mass is 19.1. The van der Waals surface area contributed by atoms with Crippen molar-refractivity contribution >= 4 is 11.0 Å². The number of hydrogen-bond acceptors (Lipinski definition) is 3. The van der Waals surface area contributed by atoms with Gasteiger partial charge in [-0.15, -0.1) is 0 Å². The van der Waals surface area contributed by atoms with Gasteiger partial charge in [-0.05, 0) is 42.8 Å². The molecule has 3 aromatic rings. The predicted octanol–water partition coefficient (Wildman–Crippen LogP) is 3.97. The first kappa shape index (κ1) is 13.8. The van der Waals surface area contributed by atoms with Gasteiger partial charge in [-0.1, -0.05) is 19.1 Å². The van der Waals surface area contributed by atoms with Gasteiger partial charge in [-0.3, -0.25) is 4.98 Å². The van der Waals surface area contributed by atoms with Gasteiger partial charge in [0, 0.05) is 17.8 Å². The van der Waals surface area contributed by atoms with Crippen LogP contribution in [0.3, 0.4) is 0 Å². The van der Waals surface area contributed by atoms with Crippen molar-refractivity contribution in [2.24, 2.45) is 0 Å². The monoisotopic (exact) mass is 284 g/mol. The molecule has 108 valence electrons. The molecule has 1 unspecified atom stereocenters. The van der Waals surface area contributed by atoms with E-state index >= 15 is 0 Å². The van der Waals surface area contributed by atoms with E-state index in [4.69, 9.17) is 4.42 Å². The summed E-state index contributed by atoms with van der Waals surface area (Å²) in [5.74, 6) is 0.381. The Hall–Kier alpha value is -2.20. The molecule has 3 nitrogen and oxygen atoms in total. The summed E-state index contributed by atoms with van der Waals surface area (Å²) in [7, 11) is 0. The zero-order chi connectivity index (χ0) is 14.8. The fourth-order valence-corrected chi connectivity index (χ4v) is 2.57. The number of rotatable bonds is 4. The molecule has 3 rings (SSSR count). The first-order valence-corrected chi connectivity index (χ1v) is 7.02. The minimum atomic E-state index is -0.333. The van der Waals surface area contributed by atoms with Gasteiger partial charge in [0.1, 0.15) is 5.76 Å². The lowest BCUT2D eigenvalue weighted by molar-refractivity contribution is 0.464. The number of para-hydroxylation sites is 1. The van der Waals surface area contributed by atoms with E-state index in [0.717, 1.165) is 23.1 Å². The van der Waals surface area contributed by atoms with E-state index in [2.05, 4.69) is 10.3 Å². The topological polar surface area (TPSA) is 38.1 Å². The first-order valence-electron chi connectivity index (χ1n) is 7.02. The van der Waals surface area contributed by atoms with E-state index in [0.29, 0.717) is 11.3 Å². The maximum absolute atomic E-state index is 13.8. The summed E-state index contributed by atoms with van der Waals surface area (Å²) in [4.78, 5) is 4.12. The summed E-state index contributed by atoms with van der Waals surface area (Å²) >= 11 is 0. The molecule has 1 N–H and O–H groups in total. The normalized spacial score (nSPS) is 12.7. The minimum Gasteiger partial charge on any atom is -0.456 e. The molecule has 0 aliphatic rings. The standard InChI is InChI=1S/C17H17FN2O/c1-3-20-16(13-7-8-19-10-11(13)2)15-9-12-5-4-6-14(18)17(12)21-15/h4-10,16,20H,3H2,1-2H3. The van der Waals surface area contributed by atoms with Gasteiger partial charge in [-0.2, -0.15) is 0 Å². The van der Waals surface area contributed by atoms with E-state index < -0.39 is 0 Å². The first-order chi connectivity index (χ1) is 10.2. The summed E-state index contributed by atoms with van der Waals surface area (Å²) in [6, 6.07) is 8.71. The van der Waals surface area contributed by atoms with Crippen molar-refractivity contribution in [3.8, 4) is 0 Å². The molecular weight excluding hydrogens is 267 g/mol. The average Bonchev–Trinajstić information content (AvgIpc) is 2.91. The lowest BCUT2D eigenvalue weighted by atomic mass is 10.0. The number of halogens is 1. The third-order valence-electron chi connectivity index (χ3n) is 3.58. The number of aromatic nitrogens is 1. The number of nitrogens with one attached hydrogen (secondary N) is 1. The second-order valence-corrected chi connectivity index (χ2v) is 5.03. The molecule has 2 heterocycles. The van der Waals surface area contributed by atoms with Crippen LogP contribution in [-0.4, -0.2) is 11.5 Å². The molecule has 2 aromatic heterocycles.